The Balaban J connectivity index is 2.07. The molecule has 0 bridgehead atoms. The van der Waals surface area contributed by atoms with Crippen LogP contribution in [0.5, 0.6) is 0 Å². The fraction of sp³-hybridized carbons (Fsp3) is 0.533. The van der Waals surface area contributed by atoms with E-state index in [1.54, 1.807) is 7.11 Å². The van der Waals surface area contributed by atoms with Crippen LogP contribution in [0.25, 0.3) is 11.0 Å². The van der Waals surface area contributed by atoms with Crippen molar-refractivity contribution in [3.63, 3.8) is 0 Å². The molecule has 1 aromatic heterocycles. The van der Waals surface area contributed by atoms with Gasteiger partial charge in [0.2, 0.25) is 0 Å². The highest BCUT2D eigenvalue weighted by Crippen LogP contribution is 2.15. The molecule has 0 amide bonds. The smallest absolute Gasteiger partial charge is 0.123 e. The van der Waals surface area contributed by atoms with Crippen molar-refractivity contribution >= 4 is 11.0 Å². The molecule has 1 aromatic carbocycles. The van der Waals surface area contributed by atoms with Gasteiger partial charge in [0, 0.05) is 26.3 Å². The molecule has 0 saturated carbocycles. The van der Waals surface area contributed by atoms with E-state index in [-0.39, 0.29) is 0 Å². The van der Waals surface area contributed by atoms with Crippen molar-refractivity contribution in [3.8, 4) is 0 Å². The molecule has 0 radical (unpaired) electrons. The number of benzene rings is 1. The molecule has 1 heterocycles. The fourth-order valence-electron chi connectivity index (χ4n) is 2.28. The average Bonchev–Trinajstić information content (AvgIpc) is 2.80. The zero-order chi connectivity index (χ0) is 13.7. The molecular weight excluding hydrogens is 238 g/mol. The Kier molecular flexibility index (Phi) is 4.93. The van der Waals surface area contributed by atoms with Crippen LogP contribution in [0, 0.1) is 0 Å². The molecule has 4 heteroatoms. The standard InChI is InChI=1S/C15H23N3O/c1-4-18-14-8-6-5-7-13(14)17-15(18)11-16-12(2)9-10-19-3/h5-8,12,16H,4,9-11H2,1-3H3. The van der Waals surface area contributed by atoms with E-state index in [4.69, 9.17) is 9.72 Å². The predicted octanol–water partition coefficient (Wildman–Crippen LogP) is 2.57. The van der Waals surface area contributed by atoms with Crippen LogP contribution in [0.3, 0.4) is 0 Å². The Hall–Kier alpha value is -1.39. The van der Waals surface area contributed by atoms with E-state index in [1.165, 1.54) is 5.52 Å². The normalized spacial score (nSPS) is 13.0. The number of rotatable bonds is 7. The van der Waals surface area contributed by atoms with E-state index in [1.807, 2.05) is 6.07 Å². The lowest BCUT2D eigenvalue weighted by Gasteiger charge is -2.13. The monoisotopic (exact) mass is 261 g/mol. The van der Waals surface area contributed by atoms with Crippen molar-refractivity contribution in [3.05, 3.63) is 30.1 Å². The second kappa shape index (κ2) is 6.68. The number of imidazole rings is 1. The number of aryl methyl sites for hydroxylation is 1. The summed E-state index contributed by atoms with van der Waals surface area (Å²) >= 11 is 0. The zero-order valence-electron chi connectivity index (χ0n) is 12.0. The number of nitrogens with one attached hydrogen (secondary N) is 1. The second-order valence-corrected chi connectivity index (χ2v) is 4.82. The van der Waals surface area contributed by atoms with Crippen molar-refractivity contribution in [2.75, 3.05) is 13.7 Å². The topological polar surface area (TPSA) is 39.1 Å². The molecule has 0 aliphatic heterocycles. The lowest BCUT2D eigenvalue weighted by molar-refractivity contribution is 0.184. The third-order valence-corrected chi connectivity index (χ3v) is 3.41. The van der Waals surface area contributed by atoms with Crippen LogP contribution in [0.1, 0.15) is 26.1 Å². The van der Waals surface area contributed by atoms with Crippen molar-refractivity contribution < 1.29 is 4.74 Å². The third-order valence-electron chi connectivity index (χ3n) is 3.41. The Bertz CT molecular complexity index is 521. The minimum absolute atomic E-state index is 0.435. The SMILES string of the molecule is CCn1c(CNC(C)CCOC)nc2ccccc21. The quantitative estimate of drug-likeness (QED) is 0.832. The maximum absolute atomic E-state index is 5.10. The van der Waals surface area contributed by atoms with Gasteiger partial charge in [0.05, 0.1) is 17.6 Å². The van der Waals surface area contributed by atoms with E-state index in [0.29, 0.717) is 6.04 Å². The van der Waals surface area contributed by atoms with E-state index in [2.05, 4.69) is 41.9 Å². The summed E-state index contributed by atoms with van der Waals surface area (Å²) in [6.07, 6.45) is 1.02. The van der Waals surface area contributed by atoms with Gasteiger partial charge in [0.1, 0.15) is 5.82 Å². The molecule has 1 atom stereocenters. The van der Waals surface area contributed by atoms with Gasteiger partial charge < -0.3 is 14.6 Å². The van der Waals surface area contributed by atoms with Gasteiger partial charge in [0.25, 0.3) is 0 Å². The van der Waals surface area contributed by atoms with Crippen LogP contribution >= 0.6 is 0 Å². The summed E-state index contributed by atoms with van der Waals surface area (Å²) < 4.78 is 7.37. The maximum atomic E-state index is 5.10. The zero-order valence-corrected chi connectivity index (χ0v) is 12.0. The predicted molar refractivity (Wildman–Crippen MR) is 78.2 cm³/mol. The van der Waals surface area contributed by atoms with Crippen molar-refractivity contribution in [2.45, 2.75) is 39.4 Å². The summed E-state index contributed by atoms with van der Waals surface area (Å²) in [5, 5.41) is 3.51. The van der Waals surface area contributed by atoms with Crippen molar-refractivity contribution in [2.24, 2.45) is 0 Å². The molecule has 2 rings (SSSR count). The van der Waals surface area contributed by atoms with Crippen LogP contribution in [0.4, 0.5) is 0 Å². The Morgan fingerprint density at radius 3 is 2.89 bits per heavy atom. The minimum atomic E-state index is 0.435. The van der Waals surface area contributed by atoms with Gasteiger partial charge in [-0.3, -0.25) is 0 Å². The molecule has 2 aromatic rings. The molecule has 1 N–H and O–H groups in total. The number of aromatic nitrogens is 2. The summed E-state index contributed by atoms with van der Waals surface area (Å²) in [7, 11) is 1.74. The largest absolute Gasteiger partial charge is 0.385 e. The first-order valence-electron chi connectivity index (χ1n) is 6.92. The van der Waals surface area contributed by atoms with Gasteiger partial charge in [-0.1, -0.05) is 12.1 Å². The van der Waals surface area contributed by atoms with E-state index < -0.39 is 0 Å². The molecule has 104 valence electrons. The lowest BCUT2D eigenvalue weighted by Crippen LogP contribution is -2.28. The van der Waals surface area contributed by atoms with Gasteiger partial charge in [-0.25, -0.2) is 4.98 Å². The number of para-hydroxylation sites is 2. The molecular formula is C15H23N3O. The van der Waals surface area contributed by atoms with Gasteiger partial charge in [-0.2, -0.15) is 0 Å². The summed E-state index contributed by atoms with van der Waals surface area (Å²) in [6.45, 7) is 6.87. The van der Waals surface area contributed by atoms with E-state index in [9.17, 15) is 0 Å². The molecule has 0 saturated heterocycles. The number of methoxy groups -OCH3 is 1. The first-order chi connectivity index (χ1) is 9.26. The van der Waals surface area contributed by atoms with Gasteiger partial charge in [0.15, 0.2) is 0 Å². The summed E-state index contributed by atoms with van der Waals surface area (Å²) in [6, 6.07) is 8.73. The average molecular weight is 261 g/mol. The molecule has 1 unspecified atom stereocenters. The second-order valence-electron chi connectivity index (χ2n) is 4.82. The summed E-state index contributed by atoms with van der Waals surface area (Å²) in [4.78, 5) is 4.70. The van der Waals surface area contributed by atoms with E-state index in [0.717, 1.165) is 37.5 Å². The minimum Gasteiger partial charge on any atom is -0.385 e. The fourth-order valence-corrected chi connectivity index (χ4v) is 2.28. The maximum Gasteiger partial charge on any atom is 0.123 e. The first-order valence-corrected chi connectivity index (χ1v) is 6.92. The summed E-state index contributed by atoms with van der Waals surface area (Å²) in [5.41, 5.74) is 2.29. The molecule has 19 heavy (non-hydrogen) atoms. The number of nitrogens with zero attached hydrogens (tertiary/aromatic N) is 2. The number of fused-ring (bicyclic) bond motifs is 1. The van der Waals surface area contributed by atoms with Crippen LogP contribution in [0.15, 0.2) is 24.3 Å². The number of hydrogen-bond donors (Lipinski definition) is 1. The Labute approximate surface area is 114 Å². The highest BCUT2D eigenvalue weighted by Gasteiger charge is 2.09. The lowest BCUT2D eigenvalue weighted by atomic mass is 10.2. The number of ether oxygens (including phenoxy) is 1. The van der Waals surface area contributed by atoms with Crippen LogP contribution in [-0.2, 0) is 17.8 Å². The first kappa shape index (κ1) is 14.0. The Morgan fingerprint density at radius 1 is 1.37 bits per heavy atom. The third kappa shape index (κ3) is 3.33. The van der Waals surface area contributed by atoms with Gasteiger partial charge in [-0.15, -0.1) is 0 Å². The van der Waals surface area contributed by atoms with Gasteiger partial charge >= 0.3 is 0 Å². The van der Waals surface area contributed by atoms with E-state index >= 15 is 0 Å². The molecule has 4 nitrogen and oxygen atoms in total. The van der Waals surface area contributed by atoms with Crippen LogP contribution in [-0.4, -0.2) is 29.3 Å². The highest BCUT2D eigenvalue weighted by atomic mass is 16.5. The molecule has 0 spiro atoms. The van der Waals surface area contributed by atoms with Gasteiger partial charge in [-0.05, 0) is 32.4 Å². The number of hydrogen-bond acceptors (Lipinski definition) is 3. The van der Waals surface area contributed by atoms with Crippen LogP contribution < -0.4 is 5.32 Å². The van der Waals surface area contributed by atoms with Crippen molar-refractivity contribution in [1.29, 1.82) is 0 Å². The summed E-state index contributed by atoms with van der Waals surface area (Å²) in [5.74, 6) is 1.10. The van der Waals surface area contributed by atoms with Crippen LogP contribution in [0.2, 0.25) is 0 Å². The molecule has 0 fully saturated rings. The molecule has 0 aliphatic carbocycles. The van der Waals surface area contributed by atoms with Crippen molar-refractivity contribution in [1.82, 2.24) is 14.9 Å². The Morgan fingerprint density at radius 2 is 2.16 bits per heavy atom. The highest BCUT2D eigenvalue weighted by molar-refractivity contribution is 5.75. The molecule has 0 aliphatic rings.